The van der Waals surface area contributed by atoms with E-state index in [1.807, 2.05) is 0 Å². The van der Waals surface area contributed by atoms with Crippen molar-refractivity contribution in [3.05, 3.63) is 0 Å². The van der Waals surface area contributed by atoms with E-state index in [1.165, 1.54) is 64.2 Å². The molecule has 0 spiro atoms. The molecule has 0 bridgehead atoms. The van der Waals surface area contributed by atoms with Crippen LogP contribution >= 0.6 is 7.82 Å². The fourth-order valence-electron chi connectivity index (χ4n) is 7.34. The minimum Gasteiger partial charge on any atom is -0.462 e. The summed E-state index contributed by atoms with van der Waals surface area (Å²) in [6.45, 7) is 2.26. The summed E-state index contributed by atoms with van der Waals surface area (Å²) in [6.07, 6.45) is 1.18. The third kappa shape index (κ3) is 20.4. The molecule has 0 aromatic carbocycles. The Bertz CT molecular complexity index is 1200. The second kappa shape index (κ2) is 30.7. The molecule has 18 nitrogen and oxygen atoms in total. The monoisotopic (exact) mass is 888 g/mol. The molecule has 0 radical (unpaired) electrons. The molecule has 1 heterocycles. The zero-order valence-corrected chi connectivity index (χ0v) is 36.8. The zero-order chi connectivity index (χ0) is 44.5. The second-order valence-electron chi connectivity index (χ2n) is 16.3. The number of phosphoric acid groups is 1. The van der Waals surface area contributed by atoms with Gasteiger partial charge in [0.05, 0.1) is 19.3 Å². The van der Waals surface area contributed by atoms with E-state index in [-0.39, 0.29) is 12.8 Å². The molecule has 1 unspecified atom stereocenters. The smallest absolute Gasteiger partial charge is 0.462 e. The van der Waals surface area contributed by atoms with Crippen LogP contribution in [0.15, 0.2) is 0 Å². The van der Waals surface area contributed by atoms with Gasteiger partial charge in [-0.15, -0.1) is 0 Å². The number of aliphatic hydroxyl groups is 7. The maximum absolute atomic E-state index is 13.3. The van der Waals surface area contributed by atoms with Gasteiger partial charge in [-0.05, 0) is 12.8 Å². The first kappa shape index (κ1) is 54.8. The molecule has 0 aromatic rings. The number of rotatable bonds is 33. The Morgan fingerprint density at radius 1 is 0.617 bits per heavy atom. The molecular formula is C41H78NO17P. The SMILES string of the molecule is CCCCCCCCCCCCC(=O)OC[C@H](COP(=O)(O)O[C@@H]1[C@H](O)[C@@H](O)[C@@H](O)[C@H](O)[C@H]1O[C@H]1O[C@H](CO)[C@@H](O)[C@H](O)[C@H]1N)OC(=O)CCCCCCCCCCCC. The highest BCUT2D eigenvalue weighted by Gasteiger charge is 2.55. The van der Waals surface area contributed by atoms with E-state index in [0.29, 0.717) is 12.8 Å². The van der Waals surface area contributed by atoms with Crippen LogP contribution in [-0.2, 0) is 42.1 Å². The molecule has 2 aliphatic rings. The Hall–Kier alpha value is -1.35. The first-order chi connectivity index (χ1) is 28.7. The quantitative estimate of drug-likeness (QED) is 0.0260. The van der Waals surface area contributed by atoms with Gasteiger partial charge in [-0.2, -0.15) is 0 Å². The summed E-state index contributed by atoms with van der Waals surface area (Å²) < 4.78 is 45.5. The average molecular weight is 888 g/mol. The number of carbonyl (C=O) groups is 2. The topological polar surface area (TPSA) is 294 Å². The summed E-state index contributed by atoms with van der Waals surface area (Å²) in [5.41, 5.74) is 5.93. The summed E-state index contributed by atoms with van der Waals surface area (Å²) >= 11 is 0. The minimum absolute atomic E-state index is 0.0481. The van der Waals surface area contributed by atoms with E-state index in [1.54, 1.807) is 0 Å². The third-order valence-electron chi connectivity index (χ3n) is 11.1. The first-order valence-corrected chi connectivity index (χ1v) is 23.9. The Labute approximate surface area is 356 Å². The van der Waals surface area contributed by atoms with Gasteiger partial charge in [0.25, 0.3) is 0 Å². The summed E-state index contributed by atoms with van der Waals surface area (Å²) in [7, 11) is -5.32. The molecule has 60 heavy (non-hydrogen) atoms. The fourth-order valence-corrected chi connectivity index (χ4v) is 8.30. The van der Waals surface area contributed by atoms with Crippen LogP contribution in [0.2, 0.25) is 0 Å². The molecular weight excluding hydrogens is 809 g/mol. The van der Waals surface area contributed by atoms with Gasteiger partial charge >= 0.3 is 19.8 Å². The van der Waals surface area contributed by atoms with Gasteiger partial charge in [0.1, 0.15) is 61.5 Å². The van der Waals surface area contributed by atoms with Crippen molar-refractivity contribution >= 4 is 19.8 Å². The van der Waals surface area contributed by atoms with Gasteiger partial charge in [0.2, 0.25) is 0 Å². The standard InChI is InChI=1S/C41H78NO17P/c1-3-5-7-9-11-13-15-17-19-21-23-30(44)54-26-28(56-31(45)24-22-20-18-16-14-12-10-8-6-4-2)27-55-60(52,53)59-40-38(51)36(49)35(48)37(50)39(40)58-41-32(42)34(47)33(46)29(25-43)57-41/h28-29,32-41,43,46-51H,3-27,42H2,1-2H3,(H,52,53)/t28-,29-,32-,33-,34-,35-,36+,37+,38-,39-,40-,41-/m1/s1. The van der Waals surface area contributed by atoms with Gasteiger partial charge in [0, 0.05) is 12.8 Å². The van der Waals surface area contributed by atoms with Crippen molar-refractivity contribution < 1.29 is 82.8 Å². The molecule has 0 amide bonds. The van der Waals surface area contributed by atoms with Gasteiger partial charge in [-0.25, -0.2) is 4.57 Å². The summed E-state index contributed by atoms with van der Waals surface area (Å²) in [4.78, 5) is 36.3. The predicted molar refractivity (Wildman–Crippen MR) is 219 cm³/mol. The van der Waals surface area contributed by atoms with E-state index in [9.17, 15) is 54.8 Å². The number of unbranched alkanes of at least 4 members (excludes halogenated alkanes) is 18. The molecule has 1 aliphatic carbocycles. The molecule has 1 aliphatic heterocycles. The van der Waals surface area contributed by atoms with Crippen molar-refractivity contribution in [1.82, 2.24) is 0 Å². The average Bonchev–Trinajstić information content (AvgIpc) is 3.22. The lowest BCUT2D eigenvalue weighted by molar-refractivity contribution is -0.315. The molecule has 0 aromatic heterocycles. The zero-order valence-electron chi connectivity index (χ0n) is 35.9. The predicted octanol–water partition coefficient (Wildman–Crippen LogP) is 3.17. The number of carbonyl (C=O) groups excluding carboxylic acids is 2. The maximum Gasteiger partial charge on any atom is 0.472 e. The van der Waals surface area contributed by atoms with Crippen molar-refractivity contribution in [1.29, 1.82) is 0 Å². The maximum atomic E-state index is 13.3. The van der Waals surface area contributed by atoms with Crippen molar-refractivity contribution in [3.63, 3.8) is 0 Å². The molecule has 354 valence electrons. The molecule has 13 atom stereocenters. The molecule has 2 rings (SSSR count). The molecule has 1 saturated heterocycles. The lowest BCUT2D eigenvalue weighted by Gasteiger charge is -2.47. The largest absolute Gasteiger partial charge is 0.472 e. The Kier molecular flexibility index (Phi) is 28.0. The van der Waals surface area contributed by atoms with Crippen molar-refractivity contribution in [2.75, 3.05) is 19.8 Å². The number of nitrogens with two attached hydrogens (primary N) is 1. The lowest BCUT2D eigenvalue weighted by atomic mass is 9.84. The van der Waals surface area contributed by atoms with Crippen LogP contribution in [0, 0.1) is 0 Å². The Morgan fingerprint density at radius 3 is 1.55 bits per heavy atom. The van der Waals surface area contributed by atoms with Crippen molar-refractivity contribution in [3.8, 4) is 0 Å². The molecule has 19 heteroatoms. The number of phosphoric ester groups is 1. The highest BCUT2D eigenvalue weighted by Crippen LogP contribution is 2.48. The lowest BCUT2D eigenvalue weighted by Crippen LogP contribution is -2.68. The van der Waals surface area contributed by atoms with Gasteiger partial charge < -0.3 is 65.3 Å². The van der Waals surface area contributed by atoms with Gasteiger partial charge in [-0.1, -0.05) is 129 Å². The van der Waals surface area contributed by atoms with Crippen LogP contribution < -0.4 is 5.73 Å². The highest BCUT2D eigenvalue weighted by atomic mass is 31.2. The number of ether oxygens (including phenoxy) is 4. The fraction of sp³-hybridized carbons (Fsp3) is 0.951. The number of hydrogen-bond acceptors (Lipinski definition) is 17. The van der Waals surface area contributed by atoms with Crippen molar-refractivity contribution in [2.24, 2.45) is 5.73 Å². The van der Waals surface area contributed by atoms with Gasteiger partial charge in [0.15, 0.2) is 12.4 Å². The first-order valence-electron chi connectivity index (χ1n) is 22.4. The van der Waals surface area contributed by atoms with E-state index in [0.717, 1.165) is 51.4 Å². The van der Waals surface area contributed by atoms with Gasteiger partial charge in [-0.3, -0.25) is 18.6 Å². The van der Waals surface area contributed by atoms with Crippen LogP contribution in [0.3, 0.4) is 0 Å². The van der Waals surface area contributed by atoms with E-state index in [2.05, 4.69) is 13.8 Å². The van der Waals surface area contributed by atoms with Crippen LogP contribution in [0.4, 0.5) is 0 Å². The van der Waals surface area contributed by atoms with Crippen LogP contribution in [0.5, 0.6) is 0 Å². The third-order valence-corrected chi connectivity index (χ3v) is 12.1. The summed E-state index contributed by atoms with van der Waals surface area (Å²) in [6, 6.07) is -1.52. The Balaban J connectivity index is 2.02. The number of esters is 2. The minimum atomic E-state index is -5.32. The van der Waals surface area contributed by atoms with Crippen LogP contribution in [0.25, 0.3) is 0 Å². The number of hydrogen-bond donors (Lipinski definition) is 9. The van der Waals surface area contributed by atoms with E-state index < -0.39 is 113 Å². The Morgan fingerprint density at radius 2 is 1.07 bits per heavy atom. The molecule has 2 fully saturated rings. The van der Waals surface area contributed by atoms with Crippen LogP contribution in [0.1, 0.15) is 155 Å². The van der Waals surface area contributed by atoms with Crippen LogP contribution in [-0.4, -0.2) is 146 Å². The molecule has 10 N–H and O–H groups in total. The highest BCUT2D eigenvalue weighted by molar-refractivity contribution is 7.47. The summed E-state index contributed by atoms with van der Waals surface area (Å²) in [5.74, 6) is -1.19. The van der Waals surface area contributed by atoms with E-state index in [4.69, 9.17) is 33.7 Å². The summed E-state index contributed by atoms with van der Waals surface area (Å²) in [5, 5.41) is 72.5. The molecule has 1 saturated carbocycles. The normalized spacial score (nSPS) is 29.8. The second-order valence-corrected chi connectivity index (χ2v) is 17.7. The van der Waals surface area contributed by atoms with E-state index >= 15 is 0 Å². The number of aliphatic hydroxyl groups excluding tert-OH is 7. The van der Waals surface area contributed by atoms with Crippen molar-refractivity contribution in [2.45, 2.75) is 228 Å².